The van der Waals surface area contributed by atoms with Crippen LogP contribution in [0.15, 0.2) is 35.9 Å². The van der Waals surface area contributed by atoms with Crippen molar-refractivity contribution in [3.63, 3.8) is 0 Å². The number of carbonyl (C=O) groups is 5. The zero-order chi connectivity index (χ0) is 84.6. The zero-order valence-corrected chi connectivity index (χ0v) is 70.5. The molecule has 0 aromatic heterocycles. The molecule has 116 heavy (non-hydrogen) atoms. The molecule has 35 heteroatoms. The molecule has 6 aliphatic heterocycles. The van der Waals surface area contributed by atoms with Crippen molar-refractivity contribution in [2.45, 2.75) is 344 Å². The van der Waals surface area contributed by atoms with Crippen LogP contribution in [0.1, 0.15) is 162 Å². The average Bonchev–Trinajstić information content (AvgIpc) is 0.669. The summed E-state index contributed by atoms with van der Waals surface area (Å²) in [6, 6.07) is 6.38. The Morgan fingerprint density at radius 2 is 1.21 bits per heavy atom. The topological polar surface area (TPSA) is 532 Å². The SMILES string of the molecule is C[C@H]1O[C@@H](OC2C(O)C(NC(=O)CCCCCCC(=O)c3cc[c]([Sn]([CH3])([CH3])[CH3])cc3)[C@H](CO)O[C@H]2OC(=O)C23CCC(C)(C)CC2C2=CCC4C5(C)CC[C@H](OC6OC(C(=O)O)[C@H](O)[C@H](OC7C[C@@H](O)[C@H](O)CO7)[C@@H]6O[C@@H]6OC(CO)C(O)[C@@H](O)[C@@H]6O)[C@](C)(C=O)[C@@H]5CC[C@]4(C)[C@]2(C)C[C@@H]3O)C(O)C(O)C1O[C@@H]1OCC(O)C(O)C1O. The van der Waals surface area contributed by atoms with Crippen LogP contribution in [0.5, 0.6) is 0 Å². The van der Waals surface area contributed by atoms with Gasteiger partial charge in [0.05, 0.1) is 62.3 Å². The second-order valence-corrected chi connectivity index (χ2v) is 51.9. The van der Waals surface area contributed by atoms with Crippen molar-refractivity contribution in [3.05, 3.63) is 41.5 Å². The number of hydrogen-bond donors (Lipinski definition) is 17. The number of carboxylic acids is 1. The van der Waals surface area contributed by atoms with Gasteiger partial charge in [0.2, 0.25) is 6.29 Å². The van der Waals surface area contributed by atoms with E-state index in [1.807, 2.05) is 24.3 Å². The van der Waals surface area contributed by atoms with E-state index in [-0.39, 0.29) is 43.8 Å². The smallest absolute Gasteiger partial charge is 0.335 e. The number of carbonyl (C=O) groups excluding carboxylic acids is 4. The van der Waals surface area contributed by atoms with Gasteiger partial charge in [-0.3, -0.25) is 9.59 Å². The van der Waals surface area contributed by atoms with Gasteiger partial charge in [0.1, 0.15) is 109 Å². The summed E-state index contributed by atoms with van der Waals surface area (Å²) in [5, 5.41) is 181. The fourth-order valence-corrected chi connectivity index (χ4v) is 24.8. The number of aliphatic carboxylic acids is 1. The van der Waals surface area contributed by atoms with Gasteiger partial charge in [-0.1, -0.05) is 53.2 Å². The van der Waals surface area contributed by atoms with Crippen LogP contribution < -0.4 is 8.90 Å². The Balaban J connectivity index is 0.793. The maximum absolute atomic E-state index is 16.1. The minimum Gasteiger partial charge on any atom is -0.479 e. The number of aliphatic hydroxyl groups excluding tert-OH is 15. The Bertz CT molecular complexity index is 3610. The molecule has 1 aromatic rings. The predicted octanol–water partition coefficient (Wildman–Crippen LogP) is -0.917. The van der Waals surface area contributed by atoms with Gasteiger partial charge in [-0.2, -0.15) is 0 Å². The Labute approximate surface area is 678 Å². The van der Waals surface area contributed by atoms with Crippen LogP contribution in [-0.4, -0.2) is 334 Å². The molecule has 0 spiro atoms. The first-order chi connectivity index (χ1) is 54.5. The molecule has 37 atom stereocenters. The Morgan fingerprint density at radius 3 is 1.86 bits per heavy atom. The van der Waals surface area contributed by atoms with E-state index in [1.165, 1.54) is 10.5 Å². The fraction of sp³-hybridized carbons (Fsp3) is 0.840. The first-order valence-electron chi connectivity index (χ1n) is 41.3. The number of fused-ring (bicyclic) bond motifs is 7. The molecule has 11 aliphatic rings. The summed E-state index contributed by atoms with van der Waals surface area (Å²) < 4.78 is 75.0. The van der Waals surface area contributed by atoms with E-state index in [9.17, 15) is 101 Å². The molecule has 5 aliphatic carbocycles. The number of carboxylic acid groups (broad SMARTS) is 1. The molecule has 656 valence electrons. The summed E-state index contributed by atoms with van der Waals surface area (Å²) in [4.78, 5) is 77.6. The van der Waals surface area contributed by atoms with E-state index >= 15 is 4.79 Å². The normalized spacial score (nSPS) is 47.0. The average molecular weight is 1760 g/mol. The first kappa shape index (κ1) is 91.7. The van der Waals surface area contributed by atoms with Gasteiger partial charge in [0.25, 0.3) is 0 Å². The van der Waals surface area contributed by atoms with Crippen LogP contribution in [0, 0.1) is 50.2 Å². The number of ketones is 1. The number of ether oxygens (including phenoxy) is 12. The monoisotopic (exact) mass is 1760 g/mol. The molecule has 6 saturated heterocycles. The number of aliphatic hydroxyl groups is 15. The molecule has 17 N–H and O–H groups in total. The van der Waals surface area contributed by atoms with Crippen molar-refractivity contribution >= 4 is 51.9 Å². The number of amides is 1. The zero-order valence-electron chi connectivity index (χ0n) is 67.7. The number of Topliss-reactive ketones (excluding diaryl/α,β-unsaturated/α-hetero) is 1. The second-order valence-electron chi connectivity index (χ2n) is 37.4. The first-order valence-corrected chi connectivity index (χ1v) is 51.2. The van der Waals surface area contributed by atoms with E-state index in [2.05, 4.69) is 60.8 Å². The molecule has 1 amide bonds. The standard InChI is InChI=1S/C78H116NO33.3CH3.Sn/c1-35-61(108-67-57(94)52(89)42(86)33-102-67)56(93)59(96)68(103-35)110-64-54(91)51(79-49(88)18-14-9-8-13-17-39(83)36-15-11-10-12-16-36)43(30-80)104-70(64)112-72(100)78-26-25-73(2,3)28-38(78)37-19-20-46-74(4)23-22-48(75(5,34-82)45(74)21-24-76(46,6)77(37,7)29-47(78)87)106-71-65(111-69-58(95)55(92)53(90)44(31-81)105-69)62(60(97)63(109-71)66(98)99)107-50-27-40(84)41(85)32-101-50;;;;/h11-12,15-16,19,34-35,38,40-48,50-65,67-71,80-81,84-87,89-97H,8-9,13-14,17-18,20-33H2,1-7H3,(H,79,88)(H,98,99);3*1H3;/t35-,38?,40-,41-,42?,43+,44?,45-,46?,47+,48+,50?,51?,52?,53?,54?,55-,56?,57?,58+,59?,60-,61?,62+,63?,64?,65+,67+,68+,69+,70+,71?,74?,75-,76+,77-,78?;;;;/m1..../s1. The van der Waals surface area contributed by atoms with Crippen molar-refractivity contribution in [2.75, 3.05) is 26.4 Å². The van der Waals surface area contributed by atoms with Gasteiger partial charge in [-0.15, -0.1) is 0 Å². The number of benzene rings is 1. The van der Waals surface area contributed by atoms with E-state index < -0.39 is 285 Å². The molecule has 10 fully saturated rings. The number of hydrogen-bond acceptors (Lipinski definition) is 32. The summed E-state index contributed by atoms with van der Waals surface area (Å²) in [6.45, 7) is 11.1. The quantitative estimate of drug-likeness (QED) is 0.0101. The molecule has 12 rings (SSSR count). The van der Waals surface area contributed by atoms with Crippen LogP contribution in [-0.2, 0) is 76.0 Å². The van der Waals surface area contributed by atoms with Crippen molar-refractivity contribution in [2.24, 2.45) is 50.2 Å². The molecule has 4 saturated carbocycles. The van der Waals surface area contributed by atoms with Crippen molar-refractivity contribution in [1.82, 2.24) is 5.32 Å². The van der Waals surface area contributed by atoms with Gasteiger partial charge in [0.15, 0.2) is 43.7 Å². The van der Waals surface area contributed by atoms with Crippen LogP contribution >= 0.6 is 0 Å². The number of esters is 1. The van der Waals surface area contributed by atoms with E-state index in [1.54, 1.807) is 6.92 Å². The van der Waals surface area contributed by atoms with Crippen LogP contribution in [0.3, 0.4) is 0 Å². The van der Waals surface area contributed by atoms with E-state index in [0.717, 1.165) is 11.9 Å². The number of aldehydes is 1. The van der Waals surface area contributed by atoms with Crippen molar-refractivity contribution in [1.29, 1.82) is 0 Å². The molecule has 6 heterocycles. The summed E-state index contributed by atoms with van der Waals surface area (Å²) in [7, 11) is 0. The maximum Gasteiger partial charge on any atom is 0.335 e. The number of rotatable bonds is 26. The third-order valence-electron chi connectivity index (χ3n) is 28.7. The van der Waals surface area contributed by atoms with Gasteiger partial charge in [-0.05, 0) is 104 Å². The van der Waals surface area contributed by atoms with Crippen molar-refractivity contribution < 1.29 is 163 Å². The number of nitrogens with one attached hydrogen (secondary N) is 1. The van der Waals surface area contributed by atoms with Gasteiger partial charge >= 0.3 is 134 Å². The molecule has 18 unspecified atom stereocenters. The van der Waals surface area contributed by atoms with E-state index in [0.29, 0.717) is 76.2 Å². The Morgan fingerprint density at radius 1 is 0.578 bits per heavy atom. The van der Waals surface area contributed by atoms with Gasteiger partial charge in [-0.25, -0.2) is 4.79 Å². The minimum absolute atomic E-state index is 0.0202. The van der Waals surface area contributed by atoms with Crippen LogP contribution in [0.25, 0.3) is 0 Å². The minimum atomic E-state index is -2.33. The summed E-state index contributed by atoms with van der Waals surface area (Å²) in [5.74, 6) is -4.59. The van der Waals surface area contributed by atoms with E-state index in [4.69, 9.17) is 56.8 Å². The van der Waals surface area contributed by atoms with Gasteiger partial charge < -0.3 is 149 Å². The molecule has 0 bridgehead atoms. The number of allylic oxidation sites excluding steroid dienone is 2. The number of unbranched alkanes of at least 4 members (excludes halogenated alkanes) is 3. The Hall–Kier alpha value is -3.53. The largest absolute Gasteiger partial charge is 0.479 e. The third kappa shape index (κ3) is 17.4. The summed E-state index contributed by atoms with van der Waals surface area (Å²) in [5.41, 5.74) is -4.28. The van der Waals surface area contributed by atoms with Crippen LogP contribution in [0.2, 0.25) is 14.8 Å². The third-order valence-corrected chi connectivity index (χ3v) is 34.6. The molecule has 0 radical (unpaired) electrons. The summed E-state index contributed by atoms with van der Waals surface area (Å²) >= 11 is -2.33. The fourth-order valence-electron chi connectivity index (χ4n) is 21.4. The second kappa shape index (κ2) is 36.0. The molecular formula is C81H125NO33Sn. The summed E-state index contributed by atoms with van der Waals surface area (Å²) in [6.07, 6.45) is -40.4. The predicted molar refractivity (Wildman–Crippen MR) is 403 cm³/mol. The molecular weight excluding hydrogens is 1630 g/mol. The molecule has 34 nitrogen and oxygen atoms in total. The molecule has 1 aromatic carbocycles. The Kier molecular flexibility index (Phi) is 28.4. The van der Waals surface area contributed by atoms with Crippen LogP contribution in [0.4, 0.5) is 0 Å². The maximum atomic E-state index is 16.1. The van der Waals surface area contributed by atoms with Gasteiger partial charge in [0, 0.05) is 6.42 Å². The van der Waals surface area contributed by atoms with Crippen molar-refractivity contribution in [3.8, 4) is 0 Å².